The molecule has 0 aliphatic carbocycles. The molecule has 3 N–H and O–H groups in total. The van der Waals surface area contributed by atoms with Gasteiger partial charge in [-0.15, -0.1) is 0 Å². The predicted octanol–water partition coefficient (Wildman–Crippen LogP) is 2.35. The van der Waals surface area contributed by atoms with Crippen LogP contribution in [0.25, 0.3) is 0 Å². The number of ether oxygens (including phenoxy) is 2. The van der Waals surface area contributed by atoms with Crippen LogP contribution in [0.15, 0.2) is 36.5 Å². The Morgan fingerprint density at radius 3 is 2.86 bits per heavy atom. The summed E-state index contributed by atoms with van der Waals surface area (Å²) in [6.07, 6.45) is 1.56. The minimum Gasteiger partial charge on any atom is -0.457 e. The zero-order valence-electron chi connectivity index (χ0n) is 11.9. The maximum absolute atomic E-state index is 11.4. The van der Waals surface area contributed by atoms with Crippen molar-refractivity contribution in [3.8, 4) is 11.5 Å². The minimum absolute atomic E-state index is 0.0240. The van der Waals surface area contributed by atoms with Crippen LogP contribution in [0, 0.1) is 6.92 Å². The molecule has 1 aromatic carbocycles. The van der Waals surface area contributed by atoms with Crippen molar-refractivity contribution in [2.24, 2.45) is 0 Å². The lowest BCUT2D eigenvalue weighted by Gasteiger charge is -2.10. The molecule has 1 amide bonds. The van der Waals surface area contributed by atoms with Crippen LogP contribution in [0.4, 0.5) is 11.5 Å². The van der Waals surface area contributed by atoms with Gasteiger partial charge < -0.3 is 20.5 Å². The van der Waals surface area contributed by atoms with Gasteiger partial charge in [-0.25, -0.2) is 4.98 Å². The minimum atomic E-state index is -0.272. The Bertz CT molecular complexity index is 644. The first-order valence-corrected chi connectivity index (χ1v) is 6.37. The first-order chi connectivity index (χ1) is 10.1. The second-order valence-electron chi connectivity index (χ2n) is 4.48. The average molecular weight is 287 g/mol. The van der Waals surface area contributed by atoms with Crippen LogP contribution in [0.3, 0.4) is 0 Å². The van der Waals surface area contributed by atoms with E-state index in [0.29, 0.717) is 23.0 Å². The van der Waals surface area contributed by atoms with Gasteiger partial charge in [0.25, 0.3) is 5.91 Å². The van der Waals surface area contributed by atoms with E-state index in [9.17, 15) is 4.79 Å². The number of nitrogens with zero attached hydrogens (tertiary/aromatic N) is 1. The summed E-state index contributed by atoms with van der Waals surface area (Å²) in [5, 5.41) is 2.62. The molecule has 2 rings (SSSR count). The van der Waals surface area contributed by atoms with Gasteiger partial charge in [0.05, 0.1) is 0 Å². The summed E-state index contributed by atoms with van der Waals surface area (Å²) in [7, 11) is 1.45. The molecule has 0 fully saturated rings. The van der Waals surface area contributed by atoms with Gasteiger partial charge in [0.1, 0.15) is 23.9 Å². The molecule has 0 spiro atoms. The highest BCUT2D eigenvalue weighted by atomic mass is 16.5. The van der Waals surface area contributed by atoms with E-state index in [2.05, 4.69) is 10.3 Å². The number of rotatable bonds is 5. The average Bonchev–Trinajstić information content (AvgIpc) is 2.42. The molecule has 0 atom stereocenters. The largest absolute Gasteiger partial charge is 0.457 e. The quantitative estimate of drug-likeness (QED) is 0.824. The monoisotopic (exact) mass is 287 g/mol. The summed E-state index contributed by atoms with van der Waals surface area (Å²) < 4.78 is 10.5. The first-order valence-electron chi connectivity index (χ1n) is 6.37. The molecule has 0 aliphatic rings. The van der Waals surface area contributed by atoms with E-state index >= 15 is 0 Å². The van der Waals surface area contributed by atoms with Crippen LogP contribution in [-0.2, 0) is 9.53 Å². The molecule has 0 bridgehead atoms. The second kappa shape index (κ2) is 6.71. The van der Waals surface area contributed by atoms with Crippen LogP contribution in [0.5, 0.6) is 11.5 Å². The molecule has 0 radical (unpaired) electrons. The number of nitrogen functional groups attached to an aromatic ring is 1. The van der Waals surface area contributed by atoms with Crippen LogP contribution in [-0.4, -0.2) is 24.6 Å². The zero-order chi connectivity index (χ0) is 15.2. The third-order valence-corrected chi connectivity index (χ3v) is 2.70. The van der Waals surface area contributed by atoms with Gasteiger partial charge >= 0.3 is 0 Å². The fourth-order valence-electron chi connectivity index (χ4n) is 1.77. The summed E-state index contributed by atoms with van der Waals surface area (Å²) in [5.41, 5.74) is 7.31. The van der Waals surface area contributed by atoms with E-state index in [-0.39, 0.29) is 12.5 Å². The molecule has 0 unspecified atom stereocenters. The predicted molar refractivity (Wildman–Crippen MR) is 80.4 cm³/mol. The van der Waals surface area contributed by atoms with Gasteiger partial charge in [-0.3, -0.25) is 4.79 Å². The lowest BCUT2D eigenvalue weighted by molar-refractivity contribution is -0.119. The van der Waals surface area contributed by atoms with Crippen LogP contribution >= 0.6 is 0 Å². The van der Waals surface area contributed by atoms with Gasteiger partial charge in [-0.05, 0) is 36.8 Å². The van der Waals surface area contributed by atoms with Gasteiger partial charge in [-0.2, -0.15) is 0 Å². The number of methoxy groups -OCH3 is 1. The molecule has 2 aromatic rings. The number of nitrogens with two attached hydrogens (primary N) is 1. The Labute approximate surface area is 122 Å². The molecule has 1 aromatic heterocycles. The van der Waals surface area contributed by atoms with Gasteiger partial charge in [0, 0.05) is 25.1 Å². The fourth-order valence-corrected chi connectivity index (χ4v) is 1.77. The summed E-state index contributed by atoms with van der Waals surface area (Å²) in [6.45, 7) is 1.89. The van der Waals surface area contributed by atoms with Crippen molar-refractivity contribution in [2.75, 3.05) is 24.8 Å². The van der Waals surface area contributed by atoms with Crippen molar-refractivity contribution in [1.29, 1.82) is 0 Å². The Morgan fingerprint density at radius 2 is 2.14 bits per heavy atom. The molecular formula is C15H17N3O3. The number of aromatic nitrogens is 1. The highest BCUT2D eigenvalue weighted by Gasteiger charge is 2.06. The molecule has 0 aliphatic heterocycles. The number of carbonyl (C=O) groups is 1. The Kier molecular flexibility index (Phi) is 4.73. The van der Waals surface area contributed by atoms with Crippen molar-refractivity contribution >= 4 is 17.4 Å². The number of anilines is 2. The van der Waals surface area contributed by atoms with Crippen molar-refractivity contribution < 1.29 is 14.3 Å². The van der Waals surface area contributed by atoms with Crippen LogP contribution in [0.1, 0.15) is 5.56 Å². The summed E-state index contributed by atoms with van der Waals surface area (Å²) in [5.74, 6) is 1.41. The van der Waals surface area contributed by atoms with Crippen molar-refractivity contribution in [3.63, 3.8) is 0 Å². The second-order valence-corrected chi connectivity index (χ2v) is 4.48. The molecule has 6 heteroatoms. The molecule has 110 valence electrons. The smallest absolute Gasteiger partial charge is 0.251 e. The SMILES string of the molecule is COCC(=O)Nc1cc(Oc2ccc(N)cc2C)ccn1. The van der Waals surface area contributed by atoms with Crippen molar-refractivity contribution in [2.45, 2.75) is 6.92 Å². The number of carbonyl (C=O) groups excluding carboxylic acids is 1. The van der Waals surface area contributed by atoms with Crippen LogP contribution < -0.4 is 15.8 Å². The number of amides is 1. The van der Waals surface area contributed by atoms with E-state index in [1.54, 1.807) is 30.5 Å². The molecular weight excluding hydrogens is 270 g/mol. The number of nitrogens with one attached hydrogen (secondary N) is 1. The number of hydrogen-bond acceptors (Lipinski definition) is 5. The number of hydrogen-bond donors (Lipinski definition) is 2. The molecule has 0 saturated heterocycles. The summed E-state index contributed by atoms with van der Waals surface area (Å²) in [6, 6.07) is 8.75. The highest BCUT2D eigenvalue weighted by Crippen LogP contribution is 2.27. The van der Waals surface area contributed by atoms with E-state index in [1.165, 1.54) is 7.11 Å². The third kappa shape index (κ3) is 4.19. The number of pyridine rings is 1. The molecule has 0 saturated carbocycles. The van der Waals surface area contributed by atoms with E-state index in [0.717, 1.165) is 5.56 Å². The number of benzene rings is 1. The van der Waals surface area contributed by atoms with Crippen molar-refractivity contribution in [3.05, 3.63) is 42.1 Å². The maximum Gasteiger partial charge on any atom is 0.251 e. The van der Waals surface area contributed by atoms with Gasteiger partial charge in [0.2, 0.25) is 0 Å². The first kappa shape index (κ1) is 14.8. The van der Waals surface area contributed by atoms with E-state index in [4.69, 9.17) is 15.2 Å². The number of aryl methyl sites for hydroxylation is 1. The lowest BCUT2D eigenvalue weighted by Crippen LogP contribution is -2.17. The lowest BCUT2D eigenvalue weighted by atomic mass is 10.2. The van der Waals surface area contributed by atoms with E-state index in [1.807, 2.05) is 13.0 Å². The highest BCUT2D eigenvalue weighted by molar-refractivity contribution is 5.90. The van der Waals surface area contributed by atoms with E-state index < -0.39 is 0 Å². The Balaban J connectivity index is 2.12. The Hall–Kier alpha value is -2.60. The normalized spacial score (nSPS) is 10.2. The topological polar surface area (TPSA) is 86.5 Å². The Morgan fingerprint density at radius 1 is 1.33 bits per heavy atom. The van der Waals surface area contributed by atoms with Crippen LogP contribution in [0.2, 0.25) is 0 Å². The zero-order valence-corrected chi connectivity index (χ0v) is 11.9. The van der Waals surface area contributed by atoms with Gasteiger partial charge in [0.15, 0.2) is 0 Å². The molecule has 6 nitrogen and oxygen atoms in total. The molecule has 21 heavy (non-hydrogen) atoms. The van der Waals surface area contributed by atoms with Crippen molar-refractivity contribution in [1.82, 2.24) is 4.98 Å². The standard InChI is InChI=1S/C15H17N3O3/c1-10-7-11(16)3-4-13(10)21-12-5-6-17-14(8-12)18-15(19)9-20-2/h3-8H,9,16H2,1-2H3,(H,17,18,19). The summed E-state index contributed by atoms with van der Waals surface area (Å²) >= 11 is 0. The maximum atomic E-state index is 11.4. The molecule has 1 heterocycles. The fraction of sp³-hybridized carbons (Fsp3) is 0.200. The van der Waals surface area contributed by atoms with Gasteiger partial charge in [-0.1, -0.05) is 0 Å². The third-order valence-electron chi connectivity index (χ3n) is 2.70. The summed E-state index contributed by atoms with van der Waals surface area (Å²) in [4.78, 5) is 15.5.